The third-order valence-electron chi connectivity index (χ3n) is 4.50. The van der Waals surface area contributed by atoms with E-state index in [1.807, 2.05) is 6.07 Å². The van der Waals surface area contributed by atoms with E-state index in [1.165, 1.54) is 44.2 Å². The van der Waals surface area contributed by atoms with Crippen molar-refractivity contribution in [3.63, 3.8) is 0 Å². The predicted octanol–water partition coefficient (Wildman–Crippen LogP) is 4.49. The molecule has 112 valence electrons. The maximum absolute atomic E-state index is 6.38. The fraction of sp³-hybridized carbons (Fsp3) is 0.647. The molecule has 20 heavy (non-hydrogen) atoms. The Labute approximate surface area is 131 Å². The molecule has 3 heteroatoms. The van der Waals surface area contributed by atoms with Crippen molar-refractivity contribution < 1.29 is 0 Å². The highest BCUT2D eigenvalue weighted by molar-refractivity contribution is 9.10. The molecule has 2 unspecified atom stereocenters. The van der Waals surface area contributed by atoms with Crippen LogP contribution in [0.5, 0.6) is 0 Å². The van der Waals surface area contributed by atoms with Crippen LogP contribution in [0.15, 0.2) is 28.7 Å². The summed E-state index contributed by atoms with van der Waals surface area (Å²) in [6, 6.07) is 9.23. The summed E-state index contributed by atoms with van der Waals surface area (Å²) >= 11 is 3.61. The molecule has 0 saturated carbocycles. The number of hydrogen-bond donors (Lipinski definition) is 1. The third-order valence-corrected chi connectivity index (χ3v) is 5.22. The number of likely N-dealkylation sites (tertiary alicyclic amines) is 1. The molecule has 1 fully saturated rings. The first kappa shape index (κ1) is 16.0. The number of rotatable bonds is 5. The molecule has 1 aliphatic rings. The Hall–Kier alpha value is -0.380. The van der Waals surface area contributed by atoms with Crippen LogP contribution in [0.3, 0.4) is 0 Å². The van der Waals surface area contributed by atoms with Crippen molar-refractivity contribution >= 4 is 15.9 Å². The molecule has 0 spiro atoms. The van der Waals surface area contributed by atoms with Crippen LogP contribution in [0.25, 0.3) is 0 Å². The summed E-state index contributed by atoms with van der Waals surface area (Å²) < 4.78 is 1.13. The minimum atomic E-state index is 0.131. The Kier molecular flexibility index (Phi) is 6.53. The minimum absolute atomic E-state index is 0.131. The lowest BCUT2D eigenvalue weighted by atomic mass is 10.0. The van der Waals surface area contributed by atoms with Gasteiger partial charge >= 0.3 is 0 Å². The first-order valence-corrected chi connectivity index (χ1v) is 8.75. The summed E-state index contributed by atoms with van der Waals surface area (Å²) in [7, 11) is 0. The van der Waals surface area contributed by atoms with Crippen LogP contribution in [0.2, 0.25) is 0 Å². The molecule has 2 nitrogen and oxygen atoms in total. The zero-order valence-corrected chi connectivity index (χ0v) is 14.1. The van der Waals surface area contributed by atoms with Gasteiger partial charge in [0.2, 0.25) is 0 Å². The molecule has 0 bridgehead atoms. The van der Waals surface area contributed by atoms with E-state index < -0.39 is 0 Å². The van der Waals surface area contributed by atoms with Gasteiger partial charge in [-0.15, -0.1) is 0 Å². The van der Waals surface area contributed by atoms with Crippen LogP contribution in [-0.4, -0.2) is 24.0 Å². The van der Waals surface area contributed by atoms with Gasteiger partial charge in [-0.1, -0.05) is 53.9 Å². The molecule has 0 radical (unpaired) electrons. The molecule has 1 aromatic rings. The summed E-state index contributed by atoms with van der Waals surface area (Å²) in [6.07, 6.45) is 7.81. The summed E-state index contributed by atoms with van der Waals surface area (Å²) in [5.74, 6) is 0. The van der Waals surface area contributed by atoms with Crippen molar-refractivity contribution in [3.05, 3.63) is 34.3 Å². The van der Waals surface area contributed by atoms with E-state index in [0.717, 1.165) is 23.5 Å². The van der Waals surface area contributed by atoms with E-state index >= 15 is 0 Å². The van der Waals surface area contributed by atoms with E-state index in [1.54, 1.807) is 0 Å². The number of hydrogen-bond acceptors (Lipinski definition) is 2. The van der Waals surface area contributed by atoms with E-state index in [9.17, 15) is 0 Å². The second kappa shape index (κ2) is 8.16. The molecule has 0 aliphatic carbocycles. The van der Waals surface area contributed by atoms with Gasteiger partial charge in [-0.05, 0) is 43.9 Å². The second-order valence-electron chi connectivity index (χ2n) is 5.86. The largest absolute Gasteiger partial charge is 0.324 e. The van der Waals surface area contributed by atoms with E-state index in [-0.39, 0.29) is 6.04 Å². The third kappa shape index (κ3) is 4.31. The second-order valence-corrected chi connectivity index (χ2v) is 6.72. The lowest BCUT2D eigenvalue weighted by molar-refractivity contribution is 0.188. The van der Waals surface area contributed by atoms with Gasteiger partial charge < -0.3 is 10.6 Å². The minimum Gasteiger partial charge on any atom is -0.324 e. The summed E-state index contributed by atoms with van der Waals surface area (Å²) in [5, 5.41) is 0. The highest BCUT2D eigenvalue weighted by Crippen LogP contribution is 2.25. The van der Waals surface area contributed by atoms with Gasteiger partial charge in [0.1, 0.15) is 0 Å². The van der Waals surface area contributed by atoms with Gasteiger partial charge in [0.15, 0.2) is 0 Å². The van der Waals surface area contributed by atoms with Crippen molar-refractivity contribution in [3.8, 4) is 0 Å². The number of halogens is 1. The molecule has 1 aliphatic heterocycles. The summed E-state index contributed by atoms with van der Waals surface area (Å²) in [6.45, 7) is 4.69. The van der Waals surface area contributed by atoms with Crippen molar-refractivity contribution in [2.24, 2.45) is 5.73 Å². The van der Waals surface area contributed by atoms with Crippen LogP contribution < -0.4 is 5.73 Å². The number of benzene rings is 1. The SMILES string of the molecule is CCC1CCCCCN1CCC(N)c1ccccc1Br. The van der Waals surface area contributed by atoms with Crippen LogP contribution in [-0.2, 0) is 0 Å². The summed E-state index contributed by atoms with van der Waals surface area (Å²) in [5.41, 5.74) is 7.61. The smallest absolute Gasteiger partial charge is 0.0318 e. The molecule has 2 atom stereocenters. The first-order valence-electron chi connectivity index (χ1n) is 7.96. The van der Waals surface area contributed by atoms with Crippen molar-refractivity contribution in [1.82, 2.24) is 4.90 Å². The molecule has 2 rings (SSSR count). The Morgan fingerprint density at radius 2 is 2.10 bits per heavy atom. The Balaban J connectivity index is 1.91. The Bertz CT molecular complexity index is 408. The van der Waals surface area contributed by atoms with E-state index in [0.29, 0.717) is 0 Å². The van der Waals surface area contributed by atoms with E-state index in [2.05, 4.69) is 46.0 Å². The van der Waals surface area contributed by atoms with Gasteiger partial charge in [-0.2, -0.15) is 0 Å². The highest BCUT2D eigenvalue weighted by atomic mass is 79.9. The van der Waals surface area contributed by atoms with Crippen LogP contribution in [0, 0.1) is 0 Å². The normalized spacial score (nSPS) is 22.4. The lowest BCUT2D eigenvalue weighted by Gasteiger charge is -2.30. The quantitative estimate of drug-likeness (QED) is 0.856. The maximum Gasteiger partial charge on any atom is 0.0318 e. The van der Waals surface area contributed by atoms with Crippen LogP contribution in [0.1, 0.15) is 57.1 Å². The Morgan fingerprint density at radius 1 is 1.30 bits per heavy atom. The monoisotopic (exact) mass is 338 g/mol. The average molecular weight is 339 g/mol. The molecule has 0 amide bonds. The van der Waals surface area contributed by atoms with Gasteiger partial charge in [0, 0.05) is 23.1 Å². The molecular weight excluding hydrogens is 312 g/mol. The fourth-order valence-corrected chi connectivity index (χ4v) is 3.81. The van der Waals surface area contributed by atoms with Crippen molar-refractivity contribution in [1.29, 1.82) is 0 Å². The lowest BCUT2D eigenvalue weighted by Crippen LogP contribution is -2.36. The predicted molar refractivity (Wildman–Crippen MR) is 89.8 cm³/mol. The maximum atomic E-state index is 6.38. The van der Waals surface area contributed by atoms with Crippen LogP contribution in [0.4, 0.5) is 0 Å². The molecule has 0 aromatic heterocycles. The zero-order chi connectivity index (χ0) is 14.4. The molecule has 1 saturated heterocycles. The van der Waals surface area contributed by atoms with Gasteiger partial charge in [-0.3, -0.25) is 0 Å². The molecule has 2 N–H and O–H groups in total. The number of nitrogens with two attached hydrogens (primary N) is 1. The van der Waals surface area contributed by atoms with Crippen molar-refractivity contribution in [2.75, 3.05) is 13.1 Å². The van der Waals surface area contributed by atoms with Crippen LogP contribution >= 0.6 is 15.9 Å². The summed E-state index contributed by atoms with van der Waals surface area (Å²) in [4.78, 5) is 2.67. The van der Waals surface area contributed by atoms with E-state index in [4.69, 9.17) is 5.73 Å². The molecule has 1 heterocycles. The molecular formula is C17H27BrN2. The number of nitrogens with zero attached hydrogens (tertiary/aromatic N) is 1. The zero-order valence-electron chi connectivity index (χ0n) is 12.5. The van der Waals surface area contributed by atoms with Crippen molar-refractivity contribution in [2.45, 2.75) is 57.5 Å². The molecule has 1 aromatic carbocycles. The fourth-order valence-electron chi connectivity index (χ4n) is 3.23. The average Bonchev–Trinajstić information content (AvgIpc) is 2.70. The van der Waals surface area contributed by atoms with Gasteiger partial charge in [-0.25, -0.2) is 0 Å². The standard InChI is InChI=1S/C17H27BrN2/c1-2-14-8-4-3-7-12-20(14)13-11-17(19)15-9-5-6-10-16(15)18/h5-6,9-10,14,17H,2-4,7-8,11-13,19H2,1H3. The topological polar surface area (TPSA) is 29.3 Å². The van der Waals surface area contributed by atoms with Gasteiger partial charge in [0.25, 0.3) is 0 Å². The highest BCUT2D eigenvalue weighted by Gasteiger charge is 2.20. The van der Waals surface area contributed by atoms with Gasteiger partial charge in [0.05, 0.1) is 0 Å². The Morgan fingerprint density at radius 3 is 2.85 bits per heavy atom. The first-order chi connectivity index (χ1) is 9.72.